The molecule has 0 radical (unpaired) electrons. The number of carbonyl (C=O) groups is 2. The van der Waals surface area contributed by atoms with Crippen LogP contribution in [0.5, 0.6) is 0 Å². The third-order valence-electron chi connectivity index (χ3n) is 4.36. The van der Waals surface area contributed by atoms with E-state index in [0.717, 1.165) is 30.3 Å². The molecule has 0 aliphatic carbocycles. The molecule has 0 spiro atoms. The largest absolute Gasteiger partial charge is 0.465 e. The molecule has 0 unspecified atom stereocenters. The second kappa shape index (κ2) is 9.48. The van der Waals surface area contributed by atoms with E-state index in [0.29, 0.717) is 31.8 Å². The van der Waals surface area contributed by atoms with Crippen molar-refractivity contribution in [2.45, 2.75) is 19.9 Å². The highest BCUT2D eigenvalue weighted by molar-refractivity contribution is 7.09. The predicted molar refractivity (Wildman–Crippen MR) is 104 cm³/mol. The summed E-state index contributed by atoms with van der Waals surface area (Å²) >= 11 is 1.67. The zero-order valence-electron chi connectivity index (χ0n) is 15.4. The van der Waals surface area contributed by atoms with Gasteiger partial charge < -0.3 is 14.6 Å². The Labute approximate surface area is 162 Å². The van der Waals surface area contributed by atoms with Gasteiger partial charge in [-0.2, -0.15) is 0 Å². The number of carbonyl (C=O) groups excluding carboxylic acids is 2. The second-order valence-corrected chi connectivity index (χ2v) is 7.47. The van der Waals surface area contributed by atoms with Gasteiger partial charge in [0.05, 0.1) is 17.0 Å². The van der Waals surface area contributed by atoms with Crippen LogP contribution in [-0.4, -0.2) is 59.3 Å². The van der Waals surface area contributed by atoms with Gasteiger partial charge in [-0.1, -0.05) is 0 Å². The summed E-state index contributed by atoms with van der Waals surface area (Å²) in [4.78, 5) is 32.7. The normalized spacial score (nSPS) is 15.4. The van der Waals surface area contributed by atoms with Gasteiger partial charge in [0.15, 0.2) is 0 Å². The first kappa shape index (κ1) is 19.3. The van der Waals surface area contributed by atoms with Crippen LogP contribution in [0.1, 0.15) is 22.9 Å². The highest BCUT2D eigenvalue weighted by atomic mass is 32.1. The van der Waals surface area contributed by atoms with Crippen LogP contribution < -0.4 is 5.32 Å². The predicted octanol–water partition coefficient (Wildman–Crippen LogP) is 1.91. The number of piperazine rings is 1. The Kier molecular flexibility index (Phi) is 6.78. The van der Waals surface area contributed by atoms with Gasteiger partial charge >= 0.3 is 0 Å². The Bertz CT molecular complexity index is 777. The molecular formula is C19H24N4O3S. The Hall–Kier alpha value is -2.45. The molecule has 0 atom stereocenters. The molecule has 7 nitrogen and oxygen atoms in total. The standard InChI is InChI=1S/C19H24N4O3S/c1-15-21-16(14-27-15)13-22-8-10-23(11-9-22)19(25)6-7-20-18(24)5-4-17-3-2-12-26-17/h2-5,12,14H,6-11,13H2,1H3,(H,20,24). The van der Waals surface area contributed by atoms with E-state index in [1.165, 1.54) is 6.08 Å². The SMILES string of the molecule is Cc1nc(CN2CCN(C(=O)CCNC(=O)C=Cc3ccco3)CC2)cs1. The molecule has 1 fully saturated rings. The van der Waals surface area contributed by atoms with Crippen molar-refractivity contribution >= 4 is 29.2 Å². The molecule has 8 heteroatoms. The quantitative estimate of drug-likeness (QED) is 0.733. The zero-order valence-corrected chi connectivity index (χ0v) is 16.2. The summed E-state index contributed by atoms with van der Waals surface area (Å²) < 4.78 is 5.12. The first-order valence-electron chi connectivity index (χ1n) is 9.01. The van der Waals surface area contributed by atoms with Crippen LogP contribution in [0.15, 0.2) is 34.3 Å². The van der Waals surface area contributed by atoms with Crippen LogP contribution in [-0.2, 0) is 16.1 Å². The Balaban J connectivity index is 1.32. The van der Waals surface area contributed by atoms with Crippen molar-refractivity contribution in [2.75, 3.05) is 32.7 Å². The Morgan fingerprint density at radius 3 is 2.81 bits per heavy atom. The number of hydrogen-bond acceptors (Lipinski definition) is 6. The highest BCUT2D eigenvalue weighted by Crippen LogP contribution is 2.12. The molecule has 3 rings (SSSR count). The van der Waals surface area contributed by atoms with E-state index in [-0.39, 0.29) is 11.8 Å². The number of rotatable bonds is 7. The summed E-state index contributed by atoms with van der Waals surface area (Å²) in [5.41, 5.74) is 1.10. The minimum absolute atomic E-state index is 0.0782. The first-order valence-corrected chi connectivity index (χ1v) is 9.88. The lowest BCUT2D eigenvalue weighted by atomic mass is 10.2. The molecule has 2 aromatic rings. The van der Waals surface area contributed by atoms with Crippen LogP contribution in [0, 0.1) is 6.92 Å². The third-order valence-corrected chi connectivity index (χ3v) is 5.18. The average molecular weight is 388 g/mol. The monoisotopic (exact) mass is 388 g/mol. The first-order chi connectivity index (χ1) is 13.1. The summed E-state index contributed by atoms with van der Waals surface area (Å²) in [6.45, 7) is 6.31. The lowest BCUT2D eigenvalue weighted by Gasteiger charge is -2.34. The molecule has 0 bridgehead atoms. The number of nitrogens with one attached hydrogen (secondary N) is 1. The number of aryl methyl sites for hydroxylation is 1. The number of furan rings is 1. The Morgan fingerprint density at radius 2 is 2.15 bits per heavy atom. The minimum Gasteiger partial charge on any atom is -0.465 e. The summed E-state index contributed by atoms with van der Waals surface area (Å²) in [6, 6.07) is 3.52. The highest BCUT2D eigenvalue weighted by Gasteiger charge is 2.21. The topological polar surface area (TPSA) is 78.7 Å². The van der Waals surface area contributed by atoms with Crippen molar-refractivity contribution in [3.05, 3.63) is 46.3 Å². The van der Waals surface area contributed by atoms with E-state index in [1.807, 2.05) is 11.8 Å². The van der Waals surface area contributed by atoms with Crippen LogP contribution in [0.2, 0.25) is 0 Å². The van der Waals surface area contributed by atoms with Crippen molar-refractivity contribution in [2.24, 2.45) is 0 Å². The average Bonchev–Trinajstić information content (AvgIpc) is 3.32. The van der Waals surface area contributed by atoms with E-state index >= 15 is 0 Å². The van der Waals surface area contributed by atoms with E-state index in [2.05, 4.69) is 20.6 Å². The van der Waals surface area contributed by atoms with Gasteiger partial charge in [0.25, 0.3) is 0 Å². The van der Waals surface area contributed by atoms with Crippen molar-refractivity contribution in [1.29, 1.82) is 0 Å². The number of amides is 2. The maximum absolute atomic E-state index is 12.3. The summed E-state index contributed by atoms with van der Waals surface area (Å²) in [5, 5.41) is 5.90. The van der Waals surface area contributed by atoms with Gasteiger partial charge in [0.1, 0.15) is 5.76 Å². The lowest BCUT2D eigenvalue weighted by Crippen LogP contribution is -2.48. The van der Waals surface area contributed by atoms with Crippen LogP contribution >= 0.6 is 11.3 Å². The second-order valence-electron chi connectivity index (χ2n) is 6.40. The molecule has 1 N–H and O–H groups in total. The number of hydrogen-bond donors (Lipinski definition) is 1. The van der Waals surface area contributed by atoms with Crippen molar-refractivity contribution in [1.82, 2.24) is 20.1 Å². The van der Waals surface area contributed by atoms with Gasteiger partial charge in [-0.15, -0.1) is 11.3 Å². The fourth-order valence-electron chi connectivity index (χ4n) is 2.92. The summed E-state index contributed by atoms with van der Waals surface area (Å²) in [6.07, 6.45) is 4.86. The number of thiazole rings is 1. The fraction of sp³-hybridized carbons (Fsp3) is 0.421. The van der Waals surface area contributed by atoms with Gasteiger partial charge in [-0.05, 0) is 25.1 Å². The van der Waals surface area contributed by atoms with E-state index in [9.17, 15) is 9.59 Å². The molecule has 1 saturated heterocycles. The molecule has 27 heavy (non-hydrogen) atoms. The van der Waals surface area contributed by atoms with Gasteiger partial charge in [-0.3, -0.25) is 14.5 Å². The third kappa shape index (κ3) is 6.04. The van der Waals surface area contributed by atoms with Crippen LogP contribution in [0.4, 0.5) is 0 Å². The molecule has 2 aromatic heterocycles. The minimum atomic E-state index is -0.234. The molecule has 2 amide bonds. The van der Waals surface area contributed by atoms with E-state index in [1.54, 1.807) is 35.8 Å². The van der Waals surface area contributed by atoms with Crippen molar-refractivity contribution in [3.8, 4) is 0 Å². The van der Waals surface area contributed by atoms with Gasteiger partial charge in [-0.25, -0.2) is 4.98 Å². The van der Waals surface area contributed by atoms with Gasteiger partial charge in [0, 0.05) is 57.1 Å². The number of aromatic nitrogens is 1. The van der Waals surface area contributed by atoms with Crippen molar-refractivity contribution in [3.63, 3.8) is 0 Å². The van der Waals surface area contributed by atoms with Gasteiger partial charge in [0.2, 0.25) is 11.8 Å². The number of nitrogens with zero attached hydrogens (tertiary/aromatic N) is 3. The lowest BCUT2D eigenvalue weighted by molar-refractivity contribution is -0.133. The van der Waals surface area contributed by atoms with Crippen molar-refractivity contribution < 1.29 is 14.0 Å². The summed E-state index contributed by atoms with van der Waals surface area (Å²) in [5.74, 6) is 0.462. The van der Waals surface area contributed by atoms with E-state index < -0.39 is 0 Å². The molecule has 0 aromatic carbocycles. The van der Waals surface area contributed by atoms with Crippen LogP contribution in [0.25, 0.3) is 6.08 Å². The summed E-state index contributed by atoms with van der Waals surface area (Å²) in [7, 11) is 0. The zero-order chi connectivity index (χ0) is 19.1. The molecule has 3 heterocycles. The maximum atomic E-state index is 12.3. The molecular weight excluding hydrogens is 364 g/mol. The molecule has 1 aliphatic rings. The van der Waals surface area contributed by atoms with Crippen LogP contribution in [0.3, 0.4) is 0 Å². The maximum Gasteiger partial charge on any atom is 0.244 e. The molecule has 144 valence electrons. The molecule has 0 saturated carbocycles. The smallest absolute Gasteiger partial charge is 0.244 e. The van der Waals surface area contributed by atoms with E-state index in [4.69, 9.17) is 4.42 Å². The fourth-order valence-corrected chi connectivity index (χ4v) is 3.52. The molecule has 1 aliphatic heterocycles. The Morgan fingerprint density at radius 1 is 1.33 bits per heavy atom.